The molecule has 1 aromatic rings. The van der Waals surface area contributed by atoms with Crippen LogP contribution in [0, 0.1) is 0 Å². The van der Waals surface area contributed by atoms with Crippen LogP contribution in [0.4, 0.5) is 0 Å². The lowest BCUT2D eigenvalue weighted by Gasteiger charge is -2.12. The van der Waals surface area contributed by atoms with E-state index in [1.807, 2.05) is 0 Å². The van der Waals surface area contributed by atoms with Gasteiger partial charge in [-0.05, 0) is 30.5 Å². The zero-order valence-electron chi connectivity index (χ0n) is 11.6. The van der Waals surface area contributed by atoms with E-state index >= 15 is 0 Å². The molecule has 0 saturated carbocycles. The van der Waals surface area contributed by atoms with Gasteiger partial charge in [-0.3, -0.25) is 0 Å². The number of hydrogen-bond donors (Lipinski definition) is 2. The first-order valence-corrected chi connectivity index (χ1v) is 8.27. The number of unbranched alkanes of at least 4 members (excludes halogenated alkanes) is 5. The van der Waals surface area contributed by atoms with Crippen LogP contribution in [-0.2, 0) is 16.5 Å². The van der Waals surface area contributed by atoms with E-state index in [-0.39, 0.29) is 0 Å². The molecule has 0 aromatic heterocycles. The summed E-state index contributed by atoms with van der Waals surface area (Å²) in [7, 11) is -4.78. The number of aromatic hydroxyl groups is 2. The average molecular weight is 301 g/mol. The molecule has 0 aliphatic rings. The fourth-order valence-corrected chi connectivity index (χ4v) is 2.73. The van der Waals surface area contributed by atoms with Gasteiger partial charge in [0.05, 0.1) is 0 Å². The van der Waals surface area contributed by atoms with Crippen molar-refractivity contribution in [1.29, 1.82) is 0 Å². The van der Waals surface area contributed by atoms with Gasteiger partial charge in [0.2, 0.25) is 0 Å². The number of phenols is 2. The van der Waals surface area contributed by atoms with Crippen LogP contribution in [0.3, 0.4) is 0 Å². The number of rotatable bonds is 8. The molecule has 20 heavy (non-hydrogen) atoms. The summed E-state index contributed by atoms with van der Waals surface area (Å²) in [5.74, 6) is -1.44. The van der Waals surface area contributed by atoms with Crippen LogP contribution in [-0.4, -0.2) is 23.2 Å². The Kier molecular flexibility index (Phi) is 6.29. The molecule has 0 heterocycles. The van der Waals surface area contributed by atoms with Gasteiger partial charge in [-0.2, -0.15) is 0 Å². The molecule has 0 saturated heterocycles. The first-order valence-electron chi connectivity index (χ1n) is 6.87. The first kappa shape index (κ1) is 16.8. The molecule has 114 valence electrons. The summed E-state index contributed by atoms with van der Waals surface area (Å²) in [6.07, 6.45) is 7.12. The zero-order valence-corrected chi connectivity index (χ0v) is 12.4. The Morgan fingerprint density at radius 2 is 1.65 bits per heavy atom. The molecule has 0 unspecified atom stereocenters. The van der Waals surface area contributed by atoms with E-state index in [4.69, 9.17) is 0 Å². The lowest BCUT2D eigenvalue weighted by Crippen LogP contribution is -2.00. The smallest absolute Gasteiger partial charge is 0.175 e. The summed E-state index contributed by atoms with van der Waals surface area (Å²) >= 11 is 0. The van der Waals surface area contributed by atoms with Crippen LogP contribution < -0.4 is 0 Å². The lowest BCUT2D eigenvalue weighted by molar-refractivity contribution is 0.386. The Hall–Kier alpha value is -1.27. The lowest BCUT2D eigenvalue weighted by atomic mass is 10.0. The van der Waals surface area contributed by atoms with Crippen molar-refractivity contribution in [2.24, 2.45) is 0 Å². The van der Waals surface area contributed by atoms with E-state index < -0.39 is 26.5 Å². The molecule has 2 N–H and O–H groups in total. The molecule has 0 spiro atoms. The second kappa shape index (κ2) is 7.50. The minimum atomic E-state index is -4.78. The largest absolute Gasteiger partial charge is 0.744 e. The summed E-state index contributed by atoms with van der Waals surface area (Å²) in [6, 6.07) is 2.44. The molecular weight excluding hydrogens is 280 g/mol. The van der Waals surface area contributed by atoms with Gasteiger partial charge in [-0.25, -0.2) is 8.42 Å². The van der Waals surface area contributed by atoms with Crippen molar-refractivity contribution in [1.82, 2.24) is 0 Å². The maximum absolute atomic E-state index is 11.0. The second-order valence-electron chi connectivity index (χ2n) is 4.93. The maximum atomic E-state index is 11.0. The molecule has 0 bridgehead atoms. The Bertz CT molecular complexity index is 537. The normalized spacial score (nSPS) is 11.7. The van der Waals surface area contributed by atoms with Crippen molar-refractivity contribution in [2.45, 2.75) is 56.8 Å². The standard InChI is InChI=1S/C14H22O5S/c1-2-3-4-5-6-7-8-11-9-12(15)14(16)13(10-11)20(17,18)19/h9-10,15-16H,2-8H2,1H3,(H,17,18,19)/p-1. The van der Waals surface area contributed by atoms with E-state index in [0.29, 0.717) is 12.0 Å². The van der Waals surface area contributed by atoms with Crippen LogP contribution >= 0.6 is 0 Å². The number of hydrogen-bond acceptors (Lipinski definition) is 5. The van der Waals surface area contributed by atoms with Crippen molar-refractivity contribution in [3.05, 3.63) is 17.7 Å². The zero-order chi connectivity index (χ0) is 15.2. The van der Waals surface area contributed by atoms with Gasteiger partial charge in [-0.1, -0.05) is 39.0 Å². The van der Waals surface area contributed by atoms with E-state index in [1.165, 1.54) is 25.3 Å². The number of aryl methyl sites for hydroxylation is 1. The van der Waals surface area contributed by atoms with Crippen molar-refractivity contribution in [2.75, 3.05) is 0 Å². The van der Waals surface area contributed by atoms with Crippen molar-refractivity contribution in [3.63, 3.8) is 0 Å². The average Bonchev–Trinajstić information content (AvgIpc) is 2.36. The Morgan fingerprint density at radius 1 is 1.05 bits per heavy atom. The van der Waals surface area contributed by atoms with Gasteiger partial charge in [0.25, 0.3) is 0 Å². The van der Waals surface area contributed by atoms with Crippen molar-refractivity contribution >= 4 is 10.1 Å². The number of phenolic OH excluding ortho intramolecular Hbond substituents is 2. The number of benzene rings is 1. The fourth-order valence-electron chi connectivity index (χ4n) is 2.09. The van der Waals surface area contributed by atoms with Gasteiger partial charge in [0.15, 0.2) is 11.5 Å². The highest BCUT2D eigenvalue weighted by atomic mass is 32.2. The van der Waals surface area contributed by atoms with Crippen molar-refractivity contribution < 1.29 is 23.2 Å². The van der Waals surface area contributed by atoms with Gasteiger partial charge in [-0.15, -0.1) is 0 Å². The Morgan fingerprint density at radius 3 is 2.25 bits per heavy atom. The molecule has 0 fully saturated rings. The Labute approximate surface area is 120 Å². The van der Waals surface area contributed by atoms with Gasteiger partial charge in [0.1, 0.15) is 15.0 Å². The van der Waals surface area contributed by atoms with E-state index in [1.54, 1.807) is 0 Å². The second-order valence-corrected chi connectivity index (χ2v) is 6.28. The molecule has 5 nitrogen and oxygen atoms in total. The Balaban J connectivity index is 2.66. The molecule has 0 aliphatic carbocycles. The van der Waals surface area contributed by atoms with Crippen LogP contribution in [0.5, 0.6) is 11.5 Å². The molecule has 6 heteroatoms. The SMILES string of the molecule is CCCCCCCCc1cc(O)c(O)c(S(=O)(=O)[O-])c1. The highest BCUT2D eigenvalue weighted by Gasteiger charge is 2.14. The quantitative estimate of drug-likeness (QED) is 0.437. The van der Waals surface area contributed by atoms with Crippen molar-refractivity contribution in [3.8, 4) is 11.5 Å². The maximum Gasteiger partial charge on any atom is 0.175 e. The van der Waals surface area contributed by atoms with Crippen LogP contribution in [0.1, 0.15) is 51.0 Å². The highest BCUT2D eigenvalue weighted by Crippen LogP contribution is 2.33. The molecule has 1 rings (SSSR count). The van der Waals surface area contributed by atoms with Crippen LogP contribution in [0.25, 0.3) is 0 Å². The summed E-state index contributed by atoms with van der Waals surface area (Å²) in [5.41, 5.74) is 0.546. The predicted molar refractivity (Wildman–Crippen MR) is 74.8 cm³/mol. The van der Waals surface area contributed by atoms with Gasteiger partial charge >= 0.3 is 0 Å². The summed E-state index contributed by atoms with van der Waals surface area (Å²) in [6.45, 7) is 2.14. The molecule has 0 amide bonds. The van der Waals surface area contributed by atoms with Gasteiger partial charge < -0.3 is 14.8 Å². The third kappa shape index (κ3) is 5.02. The van der Waals surface area contributed by atoms with Crippen LogP contribution in [0.15, 0.2) is 17.0 Å². The minimum Gasteiger partial charge on any atom is -0.744 e. The molecule has 0 atom stereocenters. The summed E-state index contributed by atoms with van der Waals surface area (Å²) in [4.78, 5) is -0.751. The summed E-state index contributed by atoms with van der Waals surface area (Å²) < 4.78 is 32.9. The molecule has 0 aliphatic heterocycles. The fraction of sp³-hybridized carbons (Fsp3) is 0.571. The van der Waals surface area contributed by atoms with Gasteiger partial charge in [0, 0.05) is 0 Å². The predicted octanol–water partition coefficient (Wildman–Crippen LogP) is 2.90. The molecule has 0 radical (unpaired) electrons. The third-order valence-corrected chi connectivity index (χ3v) is 4.05. The van der Waals surface area contributed by atoms with Crippen LogP contribution in [0.2, 0.25) is 0 Å². The third-order valence-electron chi connectivity index (χ3n) is 3.20. The topological polar surface area (TPSA) is 97.7 Å². The van der Waals surface area contributed by atoms with E-state index in [9.17, 15) is 23.2 Å². The summed E-state index contributed by atoms with van der Waals surface area (Å²) in [5, 5.41) is 18.9. The highest BCUT2D eigenvalue weighted by molar-refractivity contribution is 7.85. The van der Waals surface area contributed by atoms with E-state index in [2.05, 4.69) is 6.92 Å². The first-order chi connectivity index (χ1) is 9.36. The molecular formula is C14H21O5S-. The molecule has 1 aromatic carbocycles. The monoisotopic (exact) mass is 301 g/mol. The van der Waals surface area contributed by atoms with E-state index in [0.717, 1.165) is 25.3 Å². The minimum absolute atomic E-state index is 0.546.